The van der Waals surface area contributed by atoms with Crippen LogP contribution in [0.4, 0.5) is 0 Å². The van der Waals surface area contributed by atoms with Crippen LogP contribution < -0.4 is 5.32 Å². The Hall–Kier alpha value is -2.33. The van der Waals surface area contributed by atoms with Crippen molar-refractivity contribution < 1.29 is 4.79 Å². The third kappa shape index (κ3) is 5.33. The number of nitrogens with zero attached hydrogens (tertiary/aromatic N) is 2. The third-order valence-corrected chi connectivity index (χ3v) is 4.89. The van der Waals surface area contributed by atoms with E-state index in [2.05, 4.69) is 22.9 Å². The van der Waals surface area contributed by atoms with Gasteiger partial charge in [0.15, 0.2) is 0 Å². The van der Waals surface area contributed by atoms with Gasteiger partial charge in [-0.3, -0.25) is 4.79 Å². The molecule has 1 N–H and O–H groups in total. The van der Waals surface area contributed by atoms with Crippen LogP contribution in [0.2, 0.25) is 5.02 Å². The van der Waals surface area contributed by atoms with Crippen molar-refractivity contribution in [2.24, 2.45) is 0 Å². The minimum Gasteiger partial charge on any atom is -0.356 e. The summed E-state index contributed by atoms with van der Waals surface area (Å²) in [5.74, 6) is 1.14. The molecule has 1 heterocycles. The van der Waals surface area contributed by atoms with Crippen LogP contribution in [0.15, 0.2) is 48.5 Å². The number of hydrogen-bond acceptors (Lipinski definition) is 2. The summed E-state index contributed by atoms with van der Waals surface area (Å²) in [6.45, 7) is 3.73. The van der Waals surface area contributed by atoms with Gasteiger partial charge in [0, 0.05) is 31.0 Å². The molecule has 3 aromatic rings. The smallest absolute Gasteiger partial charge is 0.220 e. The molecule has 4 nitrogen and oxygen atoms in total. The summed E-state index contributed by atoms with van der Waals surface area (Å²) in [5.41, 5.74) is 3.40. The van der Waals surface area contributed by atoms with Crippen molar-refractivity contribution in [2.45, 2.75) is 45.6 Å². The molecule has 1 amide bonds. The second-order valence-electron chi connectivity index (χ2n) is 6.75. The Balaban J connectivity index is 1.46. The van der Waals surface area contributed by atoms with Gasteiger partial charge in [-0.05, 0) is 49.1 Å². The van der Waals surface area contributed by atoms with Crippen LogP contribution >= 0.6 is 11.6 Å². The molecule has 0 radical (unpaired) electrons. The van der Waals surface area contributed by atoms with Crippen molar-refractivity contribution >= 4 is 28.5 Å². The first-order valence-corrected chi connectivity index (χ1v) is 10.0. The van der Waals surface area contributed by atoms with Crippen molar-refractivity contribution in [1.82, 2.24) is 14.9 Å². The van der Waals surface area contributed by atoms with E-state index in [-0.39, 0.29) is 5.91 Å². The summed E-state index contributed by atoms with van der Waals surface area (Å²) in [4.78, 5) is 16.8. The van der Waals surface area contributed by atoms with E-state index in [1.807, 2.05) is 42.5 Å². The monoisotopic (exact) mass is 383 g/mol. The van der Waals surface area contributed by atoms with E-state index in [0.29, 0.717) is 13.0 Å². The van der Waals surface area contributed by atoms with Gasteiger partial charge in [0.1, 0.15) is 5.82 Å². The molecule has 0 fully saturated rings. The first-order valence-electron chi connectivity index (χ1n) is 9.62. The summed E-state index contributed by atoms with van der Waals surface area (Å²) >= 11 is 5.89. The molecule has 5 heteroatoms. The Bertz CT molecular complexity index is 886. The van der Waals surface area contributed by atoms with Crippen LogP contribution in [-0.2, 0) is 24.2 Å². The normalized spacial score (nSPS) is 11.0. The average Bonchev–Trinajstić information content (AvgIpc) is 3.01. The Morgan fingerprint density at radius 2 is 1.89 bits per heavy atom. The lowest BCUT2D eigenvalue weighted by molar-refractivity contribution is -0.121. The summed E-state index contributed by atoms with van der Waals surface area (Å²) < 4.78 is 2.27. The zero-order chi connectivity index (χ0) is 19.1. The largest absolute Gasteiger partial charge is 0.356 e. The second kappa shape index (κ2) is 9.56. The fourth-order valence-corrected chi connectivity index (χ4v) is 3.42. The lowest BCUT2D eigenvalue weighted by Crippen LogP contribution is -2.26. The minimum atomic E-state index is 0.0992. The van der Waals surface area contributed by atoms with Crippen LogP contribution in [0.5, 0.6) is 0 Å². The van der Waals surface area contributed by atoms with Crippen molar-refractivity contribution in [3.05, 3.63) is 64.9 Å². The molecule has 2 aromatic carbocycles. The van der Waals surface area contributed by atoms with Gasteiger partial charge in [-0.15, -0.1) is 0 Å². The standard InChI is InChI=1S/C22H26ClN3O/c1-2-16-26-20-8-4-3-7-19(20)25-21(26)14-15-24-22(27)9-5-6-17-10-12-18(23)13-11-17/h3-4,7-8,10-13H,2,5-6,9,14-16H2,1H3,(H,24,27). The maximum Gasteiger partial charge on any atom is 0.220 e. The predicted molar refractivity (Wildman–Crippen MR) is 111 cm³/mol. The summed E-state index contributed by atoms with van der Waals surface area (Å²) in [6, 6.07) is 16.0. The van der Waals surface area contributed by atoms with Gasteiger partial charge in [0.2, 0.25) is 5.91 Å². The number of carbonyl (C=O) groups is 1. The molecule has 0 unspecified atom stereocenters. The number of halogens is 1. The van der Waals surface area contributed by atoms with E-state index in [4.69, 9.17) is 16.6 Å². The highest BCUT2D eigenvalue weighted by atomic mass is 35.5. The fourth-order valence-electron chi connectivity index (χ4n) is 3.30. The lowest BCUT2D eigenvalue weighted by Gasteiger charge is -2.09. The van der Waals surface area contributed by atoms with Crippen LogP contribution in [0, 0.1) is 0 Å². The molecule has 27 heavy (non-hydrogen) atoms. The van der Waals surface area contributed by atoms with Gasteiger partial charge in [-0.1, -0.05) is 42.8 Å². The molecular weight excluding hydrogens is 358 g/mol. The molecule has 1 aromatic heterocycles. The molecule has 0 spiro atoms. The zero-order valence-corrected chi connectivity index (χ0v) is 16.5. The zero-order valence-electron chi connectivity index (χ0n) is 15.7. The van der Waals surface area contributed by atoms with Crippen LogP contribution in [-0.4, -0.2) is 22.0 Å². The highest BCUT2D eigenvalue weighted by Crippen LogP contribution is 2.17. The molecule has 0 saturated carbocycles. The molecular formula is C22H26ClN3O. The maximum absolute atomic E-state index is 12.1. The number of imidazole rings is 1. The number of rotatable bonds is 9. The van der Waals surface area contributed by atoms with Crippen LogP contribution in [0.3, 0.4) is 0 Å². The number of fused-ring (bicyclic) bond motifs is 1. The van der Waals surface area contributed by atoms with Crippen molar-refractivity contribution in [2.75, 3.05) is 6.54 Å². The van der Waals surface area contributed by atoms with E-state index in [9.17, 15) is 4.79 Å². The van der Waals surface area contributed by atoms with Crippen molar-refractivity contribution in [3.8, 4) is 0 Å². The van der Waals surface area contributed by atoms with Crippen LogP contribution in [0.25, 0.3) is 11.0 Å². The van der Waals surface area contributed by atoms with Gasteiger partial charge < -0.3 is 9.88 Å². The quantitative estimate of drug-likeness (QED) is 0.578. The van der Waals surface area contributed by atoms with E-state index in [1.165, 1.54) is 11.1 Å². The van der Waals surface area contributed by atoms with Crippen molar-refractivity contribution in [1.29, 1.82) is 0 Å². The van der Waals surface area contributed by atoms with Crippen molar-refractivity contribution in [3.63, 3.8) is 0 Å². The molecule has 0 atom stereocenters. The molecule has 0 aliphatic heterocycles. The minimum absolute atomic E-state index is 0.0992. The second-order valence-corrected chi connectivity index (χ2v) is 7.18. The fraction of sp³-hybridized carbons (Fsp3) is 0.364. The van der Waals surface area contributed by atoms with E-state index in [0.717, 1.165) is 48.6 Å². The van der Waals surface area contributed by atoms with E-state index < -0.39 is 0 Å². The van der Waals surface area contributed by atoms with Crippen LogP contribution in [0.1, 0.15) is 37.6 Å². The van der Waals surface area contributed by atoms with Gasteiger partial charge >= 0.3 is 0 Å². The SMILES string of the molecule is CCCn1c(CCNC(=O)CCCc2ccc(Cl)cc2)nc2ccccc21. The number of hydrogen-bond donors (Lipinski definition) is 1. The topological polar surface area (TPSA) is 46.9 Å². The van der Waals surface area contributed by atoms with Gasteiger partial charge in [0.25, 0.3) is 0 Å². The first-order chi connectivity index (χ1) is 13.2. The summed E-state index contributed by atoms with van der Waals surface area (Å²) in [7, 11) is 0. The molecule has 0 bridgehead atoms. The Labute approximate surface area is 165 Å². The maximum atomic E-state index is 12.1. The Kier molecular flexibility index (Phi) is 6.88. The predicted octanol–water partition coefficient (Wildman–Crippen LogP) is 4.78. The number of aryl methyl sites for hydroxylation is 2. The third-order valence-electron chi connectivity index (χ3n) is 4.63. The number of aromatic nitrogens is 2. The van der Waals surface area contributed by atoms with E-state index >= 15 is 0 Å². The molecule has 3 rings (SSSR count). The summed E-state index contributed by atoms with van der Waals surface area (Å²) in [6.07, 6.45) is 4.06. The molecule has 0 aliphatic rings. The van der Waals surface area contributed by atoms with Gasteiger partial charge in [-0.2, -0.15) is 0 Å². The highest BCUT2D eigenvalue weighted by Gasteiger charge is 2.10. The van der Waals surface area contributed by atoms with E-state index in [1.54, 1.807) is 0 Å². The highest BCUT2D eigenvalue weighted by molar-refractivity contribution is 6.30. The number of benzene rings is 2. The molecule has 0 saturated heterocycles. The number of para-hydroxylation sites is 2. The Morgan fingerprint density at radius 3 is 2.67 bits per heavy atom. The molecule has 142 valence electrons. The number of nitrogens with one attached hydrogen (secondary N) is 1. The lowest BCUT2D eigenvalue weighted by atomic mass is 10.1. The molecule has 0 aliphatic carbocycles. The first kappa shape index (κ1) is 19.4. The Morgan fingerprint density at radius 1 is 1.11 bits per heavy atom. The summed E-state index contributed by atoms with van der Waals surface area (Å²) in [5, 5.41) is 3.77. The average molecular weight is 384 g/mol. The number of amides is 1. The van der Waals surface area contributed by atoms with Gasteiger partial charge in [-0.25, -0.2) is 4.98 Å². The van der Waals surface area contributed by atoms with Gasteiger partial charge in [0.05, 0.1) is 11.0 Å². The number of carbonyl (C=O) groups excluding carboxylic acids is 1.